The lowest BCUT2D eigenvalue weighted by Crippen LogP contribution is -2.25. The Hall–Kier alpha value is -2.86. The molecular formula is C24H28ClN5O. The van der Waals surface area contributed by atoms with Crippen LogP contribution >= 0.6 is 11.6 Å². The number of carbonyl (C=O) groups excluding carboxylic acids is 1. The van der Waals surface area contributed by atoms with E-state index in [1.807, 2.05) is 48.1 Å². The summed E-state index contributed by atoms with van der Waals surface area (Å²) in [5.74, 6) is 1.20. The van der Waals surface area contributed by atoms with E-state index in [0.717, 1.165) is 54.3 Å². The highest BCUT2D eigenvalue weighted by Crippen LogP contribution is 2.42. The number of anilines is 1. The molecule has 31 heavy (non-hydrogen) atoms. The van der Waals surface area contributed by atoms with E-state index in [-0.39, 0.29) is 5.91 Å². The Kier molecular flexibility index (Phi) is 6.28. The van der Waals surface area contributed by atoms with Crippen LogP contribution in [0.2, 0.25) is 5.02 Å². The third-order valence-corrected chi connectivity index (χ3v) is 6.17. The third-order valence-electron chi connectivity index (χ3n) is 5.76. The van der Waals surface area contributed by atoms with Crippen molar-refractivity contribution >= 4 is 23.3 Å². The topological polar surface area (TPSA) is 63.1 Å². The van der Waals surface area contributed by atoms with Gasteiger partial charge in [-0.2, -0.15) is 5.10 Å². The second-order valence-electron chi connectivity index (χ2n) is 7.94. The van der Waals surface area contributed by atoms with Crippen molar-refractivity contribution in [3.05, 3.63) is 70.1 Å². The molecule has 3 aromatic rings. The van der Waals surface area contributed by atoms with Gasteiger partial charge >= 0.3 is 0 Å². The number of benzene rings is 1. The maximum absolute atomic E-state index is 13.0. The molecule has 4 rings (SSSR count). The quantitative estimate of drug-likeness (QED) is 0.545. The molecule has 7 heteroatoms. The minimum atomic E-state index is -0.112. The molecule has 162 valence electrons. The normalized spacial score (nSPS) is 13.3. The molecule has 0 bridgehead atoms. The van der Waals surface area contributed by atoms with Crippen LogP contribution in [-0.4, -0.2) is 33.8 Å². The smallest absolute Gasteiger partial charge is 0.255 e. The molecule has 2 heterocycles. The average Bonchev–Trinajstić information content (AvgIpc) is 3.53. The molecule has 0 spiro atoms. The van der Waals surface area contributed by atoms with E-state index in [1.165, 1.54) is 0 Å². The second-order valence-corrected chi connectivity index (χ2v) is 8.35. The molecule has 0 saturated heterocycles. The average molecular weight is 438 g/mol. The van der Waals surface area contributed by atoms with Gasteiger partial charge in [0.15, 0.2) is 0 Å². The number of hydrogen-bond donors (Lipinski definition) is 1. The van der Waals surface area contributed by atoms with Crippen LogP contribution in [0.5, 0.6) is 0 Å². The summed E-state index contributed by atoms with van der Waals surface area (Å²) >= 11 is 6.32. The number of carbonyl (C=O) groups is 1. The van der Waals surface area contributed by atoms with Gasteiger partial charge in [0.05, 0.1) is 23.1 Å². The molecule has 0 radical (unpaired) electrons. The van der Waals surface area contributed by atoms with E-state index in [0.29, 0.717) is 23.0 Å². The lowest BCUT2D eigenvalue weighted by atomic mass is 10.1. The van der Waals surface area contributed by atoms with Crippen molar-refractivity contribution in [1.29, 1.82) is 0 Å². The summed E-state index contributed by atoms with van der Waals surface area (Å²) < 4.78 is 1.86. The Bertz CT molecular complexity index is 1070. The van der Waals surface area contributed by atoms with Crippen molar-refractivity contribution in [1.82, 2.24) is 20.1 Å². The molecule has 1 fully saturated rings. The second kappa shape index (κ2) is 9.10. The molecule has 1 N–H and O–H groups in total. The maximum Gasteiger partial charge on any atom is 0.255 e. The minimum Gasteiger partial charge on any atom is -0.357 e. The number of pyridine rings is 1. The fourth-order valence-electron chi connectivity index (χ4n) is 3.74. The Balaban J connectivity index is 1.50. The zero-order chi connectivity index (χ0) is 22.0. The summed E-state index contributed by atoms with van der Waals surface area (Å²) in [6.45, 7) is 8.46. The summed E-state index contributed by atoms with van der Waals surface area (Å²) in [7, 11) is 0. The predicted octanol–water partition coefficient (Wildman–Crippen LogP) is 4.88. The number of nitrogens with one attached hydrogen (secondary N) is 1. The zero-order valence-corrected chi connectivity index (χ0v) is 19.0. The van der Waals surface area contributed by atoms with Gasteiger partial charge in [0.25, 0.3) is 5.91 Å². The lowest BCUT2D eigenvalue weighted by Gasteiger charge is -2.19. The van der Waals surface area contributed by atoms with Gasteiger partial charge in [-0.05, 0) is 62.9 Å². The van der Waals surface area contributed by atoms with Gasteiger partial charge in [0.1, 0.15) is 5.82 Å². The standard InChI is InChI=1S/C24H28ClN5O/c1-4-29(5-2)22-11-7-17(13-26-22)14-27-24(31)20-15-28-30(23(20)18-8-9-18)19-10-6-16(3)21(25)12-19/h6-7,10-13,15,18H,4-5,8-9,14H2,1-3H3,(H,27,31). The van der Waals surface area contributed by atoms with Crippen molar-refractivity contribution in [3.63, 3.8) is 0 Å². The van der Waals surface area contributed by atoms with Crippen molar-refractivity contribution < 1.29 is 4.79 Å². The molecule has 6 nitrogen and oxygen atoms in total. The van der Waals surface area contributed by atoms with Crippen molar-refractivity contribution in [2.45, 2.75) is 46.1 Å². The molecule has 2 aromatic heterocycles. The summed E-state index contributed by atoms with van der Waals surface area (Å²) in [6.07, 6.45) is 5.64. The van der Waals surface area contributed by atoms with E-state index < -0.39 is 0 Å². The molecule has 0 aliphatic heterocycles. The van der Waals surface area contributed by atoms with Gasteiger partial charge in [-0.1, -0.05) is 23.7 Å². The lowest BCUT2D eigenvalue weighted by molar-refractivity contribution is 0.0950. The Labute approximate surface area is 188 Å². The van der Waals surface area contributed by atoms with Crippen molar-refractivity contribution in [2.75, 3.05) is 18.0 Å². The van der Waals surface area contributed by atoms with Crippen LogP contribution in [-0.2, 0) is 6.54 Å². The molecule has 1 saturated carbocycles. The summed E-state index contributed by atoms with van der Waals surface area (Å²) in [5, 5.41) is 8.25. The van der Waals surface area contributed by atoms with Gasteiger partial charge in [0, 0.05) is 36.8 Å². The number of aryl methyl sites for hydroxylation is 1. The van der Waals surface area contributed by atoms with E-state index in [1.54, 1.807) is 6.20 Å². The van der Waals surface area contributed by atoms with Gasteiger partial charge in [0.2, 0.25) is 0 Å². The number of nitrogens with zero attached hydrogens (tertiary/aromatic N) is 4. The summed E-state index contributed by atoms with van der Waals surface area (Å²) in [5.41, 5.74) is 4.46. The van der Waals surface area contributed by atoms with Crippen LogP contribution in [0.15, 0.2) is 42.7 Å². The highest BCUT2D eigenvalue weighted by molar-refractivity contribution is 6.31. The number of hydrogen-bond acceptors (Lipinski definition) is 4. The molecular weight excluding hydrogens is 410 g/mol. The minimum absolute atomic E-state index is 0.112. The van der Waals surface area contributed by atoms with Crippen molar-refractivity contribution in [3.8, 4) is 5.69 Å². The van der Waals surface area contributed by atoms with Gasteiger partial charge in [-0.25, -0.2) is 9.67 Å². The highest BCUT2D eigenvalue weighted by atomic mass is 35.5. The molecule has 1 aliphatic rings. The Morgan fingerprint density at radius 1 is 1.19 bits per heavy atom. The monoisotopic (exact) mass is 437 g/mol. The Morgan fingerprint density at radius 2 is 1.97 bits per heavy atom. The van der Waals surface area contributed by atoms with E-state index in [9.17, 15) is 4.79 Å². The zero-order valence-electron chi connectivity index (χ0n) is 18.2. The highest BCUT2D eigenvalue weighted by Gasteiger charge is 2.33. The van der Waals surface area contributed by atoms with Crippen LogP contribution in [0.1, 0.15) is 59.8 Å². The largest absolute Gasteiger partial charge is 0.357 e. The summed E-state index contributed by atoms with van der Waals surface area (Å²) in [4.78, 5) is 19.7. The molecule has 0 unspecified atom stereocenters. The van der Waals surface area contributed by atoms with E-state index in [2.05, 4.69) is 34.1 Å². The van der Waals surface area contributed by atoms with E-state index in [4.69, 9.17) is 11.6 Å². The summed E-state index contributed by atoms with van der Waals surface area (Å²) in [6, 6.07) is 9.89. The molecule has 1 aromatic carbocycles. The van der Waals surface area contributed by atoms with Gasteiger partial charge in [-0.3, -0.25) is 4.79 Å². The fraction of sp³-hybridized carbons (Fsp3) is 0.375. The number of halogens is 1. The number of amides is 1. The van der Waals surface area contributed by atoms with Crippen LogP contribution in [0.3, 0.4) is 0 Å². The predicted molar refractivity (Wildman–Crippen MR) is 124 cm³/mol. The first-order valence-electron chi connectivity index (χ1n) is 10.8. The fourth-order valence-corrected chi connectivity index (χ4v) is 3.91. The first-order chi connectivity index (χ1) is 15.0. The van der Waals surface area contributed by atoms with Gasteiger partial charge in [-0.15, -0.1) is 0 Å². The molecule has 1 amide bonds. The number of rotatable bonds is 8. The van der Waals surface area contributed by atoms with Gasteiger partial charge < -0.3 is 10.2 Å². The molecule has 0 atom stereocenters. The van der Waals surface area contributed by atoms with Crippen molar-refractivity contribution in [2.24, 2.45) is 0 Å². The van der Waals surface area contributed by atoms with Crippen LogP contribution in [0, 0.1) is 6.92 Å². The Morgan fingerprint density at radius 3 is 2.58 bits per heavy atom. The van der Waals surface area contributed by atoms with E-state index >= 15 is 0 Å². The maximum atomic E-state index is 13.0. The van der Waals surface area contributed by atoms with Crippen LogP contribution in [0.4, 0.5) is 5.82 Å². The van der Waals surface area contributed by atoms with Crippen LogP contribution < -0.4 is 10.2 Å². The first-order valence-corrected chi connectivity index (χ1v) is 11.2. The first kappa shape index (κ1) is 21.4. The van der Waals surface area contributed by atoms with Crippen LogP contribution in [0.25, 0.3) is 5.69 Å². The SMILES string of the molecule is CCN(CC)c1ccc(CNC(=O)c2cnn(-c3ccc(C)c(Cl)c3)c2C2CC2)cn1. The number of aromatic nitrogens is 3. The third kappa shape index (κ3) is 4.59. The molecule has 1 aliphatic carbocycles.